The van der Waals surface area contributed by atoms with E-state index in [0.29, 0.717) is 6.54 Å². The molecule has 6 heteroatoms. The van der Waals surface area contributed by atoms with Gasteiger partial charge in [0, 0.05) is 26.2 Å². The summed E-state index contributed by atoms with van der Waals surface area (Å²) >= 11 is 0. The number of carbonyl (C=O) groups excluding carboxylic acids is 1. The van der Waals surface area contributed by atoms with Gasteiger partial charge in [-0.05, 0) is 26.0 Å². The first kappa shape index (κ1) is 15.0. The number of hydrogen-bond donors (Lipinski definition) is 2. The molecule has 0 aromatic heterocycles. The Kier molecular flexibility index (Phi) is 3.87. The Bertz CT molecular complexity index is 567. The smallest absolute Gasteiger partial charge is 0.236 e. The number of piperazine rings is 1. The van der Waals surface area contributed by atoms with E-state index in [0.717, 1.165) is 43.3 Å². The number of nitrogens with zero attached hydrogens (tertiary/aromatic N) is 2. The Morgan fingerprint density at radius 1 is 1.36 bits per heavy atom. The lowest BCUT2D eigenvalue weighted by molar-refractivity contribution is -0.116. The van der Waals surface area contributed by atoms with Crippen LogP contribution in [-0.2, 0) is 4.79 Å². The number of hydrogen-bond acceptors (Lipinski definition) is 5. The first-order valence-corrected chi connectivity index (χ1v) is 7.77. The van der Waals surface area contributed by atoms with Crippen molar-refractivity contribution in [3.05, 3.63) is 18.2 Å². The number of primary amides is 1. The molecule has 0 spiro atoms. The Labute approximate surface area is 131 Å². The van der Waals surface area contributed by atoms with Gasteiger partial charge in [0.2, 0.25) is 5.91 Å². The zero-order chi connectivity index (χ0) is 15.7. The summed E-state index contributed by atoms with van der Waals surface area (Å²) in [7, 11) is 0. The van der Waals surface area contributed by atoms with Gasteiger partial charge in [-0.15, -0.1) is 0 Å². The molecular weight excluding hydrogens is 280 g/mol. The zero-order valence-electron chi connectivity index (χ0n) is 13.3. The van der Waals surface area contributed by atoms with Crippen LogP contribution in [0.25, 0.3) is 0 Å². The largest absolute Gasteiger partial charge is 0.484 e. The van der Waals surface area contributed by atoms with E-state index < -0.39 is 0 Å². The fraction of sp³-hybridized carbons (Fsp3) is 0.562. The van der Waals surface area contributed by atoms with E-state index in [9.17, 15) is 4.79 Å². The summed E-state index contributed by atoms with van der Waals surface area (Å²) in [5, 5.41) is 3.36. The number of nitrogens with one attached hydrogen (secondary N) is 1. The molecule has 1 saturated heterocycles. The van der Waals surface area contributed by atoms with Crippen LogP contribution in [0, 0.1) is 0 Å². The maximum Gasteiger partial charge on any atom is 0.236 e. The van der Waals surface area contributed by atoms with Gasteiger partial charge in [-0.25, -0.2) is 0 Å². The second-order valence-corrected chi connectivity index (χ2v) is 6.55. The lowest BCUT2D eigenvalue weighted by Crippen LogP contribution is -2.50. The summed E-state index contributed by atoms with van der Waals surface area (Å²) in [5.74, 6) is 0.507. The quantitative estimate of drug-likeness (QED) is 0.854. The molecule has 1 aromatic rings. The van der Waals surface area contributed by atoms with Crippen LogP contribution < -0.4 is 25.6 Å². The van der Waals surface area contributed by atoms with Crippen molar-refractivity contribution >= 4 is 17.3 Å². The van der Waals surface area contributed by atoms with Gasteiger partial charge in [0.05, 0.1) is 18.8 Å². The van der Waals surface area contributed by atoms with Crippen LogP contribution in [0.2, 0.25) is 0 Å². The van der Waals surface area contributed by atoms with E-state index in [4.69, 9.17) is 10.5 Å². The van der Waals surface area contributed by atoms with Gasteiger partial charge < -0.3 is 25.6 Å². The van der Waals surface area contributed by atoms with E-state index in [1.54, 1.807) is 0 Å². The number of amides is 1. The number of benzene rings is 1. The molecule has 2 heterocycles. The second kappa shape index (κ2) is 5.68. The monoisotopic (exact) mass is 304 g/mol. The standard InChI is InChI=1S/C16H24N4O2/c1-16(2)11-20(10-14(17)21)15-12(4-3-5-13(15)22-16)19-8-6-18-7-9-19/h3-5,18H,6-11H2,1-2H3,(H2,17,21). The van der Waals surface area contributed by atoms with Crippen LogP contribution in [0.3, 0.4) is 0 Å². The minimum atomic E-state index is -0.343. The molecule has 0 saturated carbocycles. The Balaban J connectivity index is 2.01. The molecule has 3 rings (SSSR count). The van der Waals surface area contributed by atoms with Crippen LogP contribution >= 0.6 is 0 Å². The molecule has 2 aliphatic heterocycles. The maximum atomic E-state index is 11.5. The molecule has 3 N–H and O–H groups in total. The molecule has 22 heavy (non-hydrogen) atoms. The Morgan fingerprint density at radius 2 is 2.09 bits per heavy atom. The molecule has 1 amide bonds. The topological polar surface area (TPSA) is 70.8 Å². The molecule has 1 aromatic carbocycles. The van der Waals surface area contributed by atoms with Crippen molar-refractivity contribution in [2.24, 2.45) is 5.73 Å². The van der Waals surface area contributed by atoms with E-state index in [1.165, 1.54) is 0 Å². The average Bonchev–Trinajstić information content (AvgIpc) is 2.45. The van der Waals surface area contributed by atoms with Gasteiger partial charge >= 0.3 is 0 Å². The third-order valence-electron chi connectivity index (χ3n) is 4.06. The molecule has 0 bridgehead atoms. The summed E-state index contributed by atoms with van der Waals surface area (Å²) in [6.45, 7) is 8.74. The number of ether oxygens (including phenoxy) is 1. The normalized spacial score (nSPS) is 20.3. The second-order valence-electron chi connectivity index (χ2n) is 6.55. The Hall–Kier alpha value is -1.95. The van der Waals surface area contributed by atoms with E-state index in [-0.39, 0.29) is 18.1 Å². The predicted molar refractivity (Wildman–Crippen MR) is 87.6 cm³/mol. The number of anilines is 2. The average molecular weight is 304 g/mol. The summed E-state index contributed by atoms with van der Waals surface area (Å²) in [6.07, 6.45) is 0. The zero-order valence-corrected chi connectivity index (χ0v) is 13.3. The van der Waals surface area contributed by atoms with Crippen molar-refractivity contribution in [2.75, 3.05) is 49.1 Å². The lowest BCUT2D eigenvalue weighted by Gasteiger charge is -2.43. The molecule has 0 radical (unpaired) electrons. The highest BCUT2D eigenvalue weighted by Gasteiger charge is 2.34. The highest BCUT2D eigenvalue weighted by molar-refractivity contribution is 5.85. The summed E-state index contributed by atoms with van der Waals surface area (Å²) in [5.41, 5.74) is 7.22. The van der Waals surface area contributed by atoms with Crippen LogP contribution in [-0.4, -0.2) is 50.8 Å². The molecule has 120 valence electrons. The molecule has 0 atom stereocenters. The van der Waals surface area contributed by atoms with Crippen molar-refractivity contribution in [2.45, 2.75) is 19.4 Å². The van der Waals surface area contributed by atoms with Gasteiger partial charge in [0.25, 0.3) is 0 Å². The van der Waals surface area contributed by atoms with E-state index in [2.05, 4.69) is 21.2 Å². The summed E-state index contributed by atoms with van der Waals surface area (Å²) < 4.78 is 6.13. The maximum absolute atomic E-state index is 11.5. The third kappa shape index (κ3) is 2.97. The van der Waals surface area contributed by atoms with Crippen LogP contribution in [0.5, 0.6) is 5.75 Å². The molecule has 0 aliphatic carbocycles. The molecule has 2 aliphatic rings. The number of nitrogens with two attached hydrogens (primary N) is 1. The fourth-order valence-corrected chi connectivity index (χ4v) is 3.26. The highest BCUT2D eigenvalue weighted by atomic mass is 16.5. The number of rotatable bonds is 3. The molecule has 6 nitrogen and oxygen atoms in total. The Morgan fingerprint density at radius 3 is 2.77 bits per heavy atom. The van der Waals surface area contributed by atoms with Crippen molar-refractivity contribution in [1.29, 1.82) is 0 Å². The van der Waals surface area contributed by atoms with E-state index in [1.807, 2.05) is 26.0 Å². The minimum Gasteiger partial charge on any atom is -0.484 e. The highest BCUT2D eigenvalue weighted by Crippen LogP contribution is 2.43. The van der Waals surface area contributed by atoms with Crippen molar-refractivity contribution < 1.29 is 9.53 Å². The SMILES string of the molecule is CC1(C)CN(CC(N)=O)c2c(cccc2N2CCNCC2)O1. The third-order valence-corrected chi connectivity index (χ3v) is 4.06. The molecule has 1 fully saturated rings. The number of para-hydroxylation sites is 1. The van der Waals surface area contributed by atoms with E-state index >= 15 is 0 Å². The van der Waals surface area contributed by atoms with Gasteiger partial charge in [0.1, 0.15) is 17.0 Å². The first-order chi connectivity index (χ1) is 10.5. The van der Waals surface area contributed by atoms with Crippen molar-refractivity contribution in [1.82, 2.24) is 5.32 Å². The van der Waals surface area contributed by atoms with Gasteiger partial charge in [-0.2, -0.15) is 0 Å². The van der Waals surface area contributed by atoms with Gasteiger partial charge in [0.15, 0.2) is 0 Å². The van der Waals surface area contributed by atoms with Gasteiger partial charge in [-0.3, -0.25) is 4.79 Å². The number of carbonyl (C=O) groups is 1. The minimum absolute atomic E-state index is 0.211. The summed E-state index contributed by atoms with van der Waals surface area (Å²) in [4.78, 5) is 15.9. The summed E-state index contributed by atoms with van der Waals surface area (Å²) in [6, 6.07) is 6.08. The van der Waals surface area contributed by atoms with Crippen LogP contribution in [0.4, 0.5) is 11.4 Å². The van der Waals surface area contributed by atoms with Crippen LogP contribution in [0.1, 0.15) is 13.8 Å². The van der Waals surface area contributed by atoms with Crippen LogP contribution in [0.15, 0.2) is 18.2 Å². The molecular formula is C16H24N4O2. The predicted octanol–water partition coefficient (Wildman–Crippen LogP) is 0.559. The first-order valence-electron chi connectivity index (χ1n) is 7.77. The lowest BCUT2D eigenvalue weighted by atomic mass is 10.0. The fourth-order valence-electron chi connectivity index (χ4n) is 3.26. The van der Waals surface area contributed by atoms with Crippen molar-refractivity contribution in [3.8, 4) is 5.75 Å². The van der Waals surface area contributed by atoms with Crippen molar-refractivity contribution in [3.63, 3.8) is 0 Å². The van der Waals surface area contributed by atoms with Gasteiger partial charge in [-0.1, -0.05) is 6.07 Å². The number of fused-ring (bicyclic) bond motifs is 1. The molecule has 0 unspecified atom stereocenters.